The van der Waals surface area contributed by atoms with E-state index in [1.54, 1.807) is 0 Å². The second-order valence-electron chi connectivity index (χ2n) is 7.18. The van der Waals surface area contributed by atoms with Gasteiger partial charge in [0, 0.05) is 34.5 Å². The first-order valence-electron chi connectivity index (χ1n) is 9.49. The first kappa shape index (κ1) is 16.6. The van der Waals surface area contributed by atoms with Gasteiger partial charge in [-0.25, -0.2) is 0 Å². The standard InChI is InChI=1S/C26H21NO/c1-4-17-14-23-22-12-10-19(15-25(22)28-24(23)13-16(17)2)21-11-9-18-7-5-6-8-20(18)26(21)27-3/h4-15,27H,1H2,2-3H3. The van der Waals surface area contributed by atoms with Crippen LogP contribution in [-0.4, -0.2) is 7.05 Å². The van der Waals surface area contributed by atoms with E-state index < -0.39 is 0 Å². The molecule has 0 spiro atoms. The van der Waals surface area contributed by atoms with Crippen LogP contribution in [0.3, 0.4) is 0 Å². The number of hydrogen-bond acceptors (Lipinski definition) is 2. The van der Waals surface area contributed by atoms with E-state index in [0.717, 1.165) is 38.8 Å². The van der Waals surface area contributed by atoms with E-state index in [2.05, 4.69) is 85.5 Å². The summed E-state index contributed by atoms with van der Waals surface area (Å²) in [5.41, 5.74) is 7.60. The van der Waals surface area contributed by atoms with E-state index in [1.165, 1.54) is 21.9 Å². The molecule has 1 aromatic heterocycles. The van der Waals surface area contributed by atoms with Crippen LogP contribution < -0.4 is 5.32 Å². The minimum atomic E-state index is 0.906. The van der Waals surface area contributed by atoms with Crippen molar-refractivity contribution in [1.82, 2.24) is 0 Å². The topological polar surface area (TPSA) is 25.2 Å². The lowest BCUT2D eigenvalue weighted by molar-refractivity contribution is 0.668. The molecule has 136 valence electrons. The Balaban J connectivity index is 1.75. The van der Waals surface area contributed by atoms with Crippen LogP contribution in [0, 0.1) is 6.92 Å². The summed E-state index contributed by atoms with van der Waals surface area (Å²) in [6.45, 7) is 6.01. The largest absolute Gasteiger partial charge is 0.456 e. The lowest BCUT2D eigenvalue weighted by atomic mass is 9.97. The van der Waals surface area contributed by atoms with Gasteiger partial charge in [-0.05, 0) is 53.3 Å². The van der Waals surface area contributed by atoms with Crippen molar-refractivity contribution in [3.8, 4) is 11.1 Å². The Morgan fingerprint density at radius 1 is 0.857 bits per heavy atom. The van der Waals surface area contributed by atoms with Crippen LogP contribution in [-0.2, 0) is 0 Å². The van der Waals surface area contributed by atoms with Crippen molar-refractivity contribution in [2.45, 2.75) is 6.92 Å². The van der Waals surface area contributed by atoms with Gasteiger partial charge in [0.05, 0.1) is 0 Å². The van der Waals surface area contributed by atoms with E-state index >= 15 is 0 Å². The number of hydrogen-bond donors (Lipinski definition) is 1. The summed E-state index contributed by atoms with van der Waals surface area (Å²) in [6.07, 6.45) is 1.90. The van der Waals surface area contributed by atoms with Crippen LogP contribution in [0.1, 0.15) is 11.1 Å². The van der Waals surface area contributed by atoms with E-state index in [0.29, 0.717) is 0 Å². The van der Waals surface area contributed by atoms with Crippen molar-refractivity contribution in [2.24, 2.45) is 0 Å². The number of benzene rings is 4. The number of fused-ring (bicyclic) bond motifs is 4. The van der Waals surface area contributed by atoms with Gasteiger partial charge >= 0.3 is 0 Å². The van der Waals surface area contributed by atoms with Gasteiger partial charge in [-0.15, -0.1) is 0 Å². The average Bonchev–Trinajstić information content (AvgIpc) is 3.08. The Kier molecular flexibility index (Phi) is 3.73. The molecule has 0 amide bonds. The van der Waals surface area contributed by atoms with Gasteiger partial charge in [0.15, 0.2) is 0 Å². The van der Waals surface area contributed by atoms with E-state index in [1.807, 2.05) is 13.1 Å². The summed E-state index contributed by atoms with van der Waals surface area (Å²) in [5.74, 6) is 0. The maximum atomic E-state index is 6.20. The first-order valence-corrected chi connectivity index (χ1v) is 9.49. The molecule has 0 aliphatic heterocycles. The van der Waals surface area contributed by atoms with Crippen molar-refractivity contribution < 1.29 is 4.42 Å². The van der Waals surface area contributed by atoms with Crippen molar-refractivity contribution >= 4 is 44.5 Å². The highest BCUT2D eigenvalue weighted by Gasteiger charge is 2.13. The Hall–Kier alpha value is -3.52. The molecule has 0 atom stereocenters. The summed E-state index contributed by atoms with van der Waals surface area (Å²) in [6, 6.07) is 23.5. The lowest BCUT2D eigenvalue weighted by Crippen LogP contribution is -1.93. The first-order chi connectivity index (χ1) is 13.7. The minimum absolute atomic E-state index is 0.906. The van der Waals surface area contributed by atoms with Crippen molar-refractivity contribution in [1.29, 1.82) is 0 Å². The molecule has 0 saturated heterocycles. The third-order valence-electron chi connectivity index (χ3n) is 5.57. The van der Waals surface area contributed by atoms with Gasteiger partial charge in [-0.2, -0.15) is 0 Å². The third-order valence-corrected chi connectivity index (χ3v) is 5.57. The molecule has 0 aliphatic carbocycles. The molecule has 5 rings (SSSR count). The van der Waals surface area contributed by atoms with Crippen LogP contribution in [0.4, 0.5) is 5.69 Å². The normalized spacial score (nSPS) is 11.4. The molecule has 0 radical (unpaired) electrons. The molecule has 0 unspecified atom stereocenters. The highest BCUT2D eigenvalue weighted by atomic mass is 16.3. The smallest absolute Gasteiger partial charge is 0.136 e. The Labute approximate surface area is 164 Å². The van der Waals surface area contributed by atoms with Crippen molar-refractivity contribution in [3.63, 3.8) is 0 Å². The molecule has 2 nitrogen and oxygen atoms in total. The molecule has 1 N–H and O–H groups in total. The second kappa shape index (κ2) is 6.28. The van der Waals surface area contributed by atoms with E-state index in [9.17, 15) is 0 Å². The summed E-state index contributed by atoms with van der Waals surface area (Å²) in [5, 5.41) is 8.11. The SMILES string of the molecule is C=Cc1cc2c(cc1C)oc1cc(-c3ccc4ccccc4c3NC)ccc12. The van der Waals surface area contributed by atoms with Gasteiger partial charge in [0.2, 0.25) is 0 Å². The highest BCUT2D eigenvalue weighted by Crippen LogP contribution is 2.38. The Bertz CT molecular complexity index is 1370. The molecular weight excluding hydrogens is 342 g/mol. The number of anilines is 1. The maximum Gasteiger partial charge on any atom is 0.136 e. The molecule has 2 heteroatoms. The van der Waals surface area contributed by atoms with E-state index in [-0.39, 0.29) is 0 Å². The zero-order valence-corrected chi connectivity index (χ0v) is 16.0. The Morgan fingerprint density at radius 2 is 1.68 bits per heavy atom. The predicted molar refractivity (Wildman–Crippen MR) is 121 cm³/mol. The van der Waals surface area contributed by atoms with E-state index in [4.69, 9.17) is 4.42 Å². The van der Waals surface area contributed by atoms with Crippen LogP contribution in [0.25, 0.3) is 49.9 Å². The average molecular weight is 363 g/mol. The number of rotatable bonds is 3. The molecule has 5 aromatic rings. The molecule has 0 aliphatic rings. The summed E-state index contributed by atoms with van der Waals surface area (Å²) < 4.78 is 6.20. The molecular formula is C26H21NO. The summed E-state index contributed by atoms with van der Waals surface area (Å²) in [7, 11) is 1.98. The molecule has 0 fully saturated rings. The predicted octanol–water partition coefficient (Wildman–Crippen LogP) is 7.40. The molecule has 0 bridgehead atoms. The van der Waals surface area contributed by atoms with Gasteiger partial charge in [0.1, 0.15) is 11.2 Å². The van der Waals surface area contributed by atoms with Gasteiger partial charge in [0.25, 0.3) is 0 Å². The molecule has 0 saturated carbocycles. The third kappa shape index (κ3) is 2.42. The number of aryl methyl sites for hydroxylation is 1. The molecule has 4 aromatic carbocycles. The fourth-order valence-electron chi connectivity index (χ4n) is 4.11. The monoisotopic (exact) mass is 363 g/mol. The van der Waals surface area contributed by atoms with Gasteiger partial charge in [-0.3, -0.25) is 0 Å². The minimum Gasteiger partial charge on any atom is -0.456 e. The zero-order chi connectivity index (χ0) is 19.3. The quantitative estimate of drug-likeness (QED) is 0.361. The van der Waals surface area contributed by atoms with Crippen molar-refractivity contribution in [2.75, 3.05) is 12.4 Å². The second-order valence-corrected chi connectivity index (χ2v) is 7.18. The van der Waals surface area contributed by atoms with Crippen LogP contribution in [0.2, 0.25) is 0 Å². The summed E-state index contributed by atoms with van der Waals surface area (Å²) >= 11 is 0. The summed E-state index contributed by atoms with van der Waals surface area (Å²) in [4.78, 5) is 0. The van der Waals surface area contributed by atoms with Crippen LogP contribution in [0.15, 0.2) is 77.7 Å². The fraction of sp³-hybridized carbons (Fsp3) is 0.0769. The highest BCUT2D eigenvalue weighted by molar-refractivity contribution is 6.08. The van der Waals surface area contributed by atoms with Gasteiger partial charge in [-0.1, -0.05) is 55.1 Å². The van der Waals surface area contributed by atoms with Crippen LogP contribution >= 0.6 is 0 Å². The lowest BCUT2D eigenvalue weighted by Gasteiger charge is -2.13. The number of nitrogens with one attached hydrogen (secondary N) is 1. The number of furan rings is 1. The Morgan fingerprint density at radius 3 is 2.50 bits per heavy atom. The van der Waals surface area contributed by atoms with Crippen molar-refractivity contribution in [3.05, 3.63) is 84.4 Å². The zero-order valence-electron chi connectivity index (χ0n) is 16.0. The maximum absolute atomic E-state index is 6.20. The molecule has 28 heavy (non-hydrogen) atoms. The fourth-order valence-corrected chi connectivity index (χ4v) is 4.11. The molecule has 1 heterocycles. The van der Waals surface area contributed by atoms with Gasteiger partial charge < -0.3 is 9.73 Å². The van der Waals surface area contributed by atoms with Crippen LogP contribution in [0.5, 0.6) is 0 Å².